The third-order valence-corrected chi connectivity index (χ3v) is 2.72. The Balaban J connectivity index is 2.14. The highest BCUT2D eigenvalue weighted by Crippen LogP contribution is 2.36. The van der Waals surface area contributed by atoms with Gasteiger partial charge in [0.2, 0.25) is 0 Å². The van der Waals surface area contributed by atoms with Gasteiger partial charge in [0.15, 0.2) is 0 Å². The van der Waals surface area contributed by atoms with Crippen LogP contribution < -0.4 is 0 Å². The molecule has 0 radical (unpaired) electrons. The molecule has 1 heterocycles. The van der Waals surface area contributed by atoms with Crippen LogP contribution in [0.15, 0.2) is 0 Å². The lowest BCUT2D eigenvalue weighted by atomic mass is 10.0. The molecule has 0 aromatic rings. The van der Waals surface area contributed by atoms with Gasteiger partial charge in [-0.15, -0.1) is 0 Å². The van der Waals surface area contributed by atoms with E-state index in [4.69, 9.17) is 14.7 Å². The van der Waals surface area contributed by atoms with Crippen LogP contribution in [0, 0.1) is 17.2 Å². The maximum Gasteiger partial charge on any atom is 0.147 e. The average molecular weight is 185 g/mol. The van der Waals surface area contributed by atoms with Gasteiger partial charge in [0, 0.05) is 12.3 Å². The summed E-state index contributed by atoms with van der Waals surface area (Å²) in [5.74, 6) is -0.326. The molecule has 1 aliphatic carbocycles. The van der Waals surface area contributed by atoms with E-state index in [0.29, 0.717) is 0 Å². The van der Waals surface area contributed by atoms with Gasteiger partial charge in [-0.2, -0.15) is 5.26 Å². The van der Waals surface area contributed by atoms with Crippen molar-refractivity contribution in [2.45, 2.75) is 30.8 Å². The molecule has 0 aromatic carbocycles. The van der Waals surface area contributed by atoms with Gasteiger partial charge in [-0.3, -0.25) is 0 Å². The van der Waals surface area contributed by atoms with Gasteiger partial charge >= 0.3 is 0 Å². The first-order chi connectivity index (χ1) is 6.25. The third kappa shape index (κ3) is 1.23. The quantitative estimate of drug-likeness (QED) is 0.547. The molecule has 13 heavy (non-hydrogen) atoms. The lowest BCUT2D eigenvalue weighted by Gasteiger charge is -2.16. The number of nitriles is 1. The van der Waals surface area contributed by atoms with Crippen LogP contribution in [0.25, 0.3) is 0 Å². The number of nitrogens with zero attached hydrogens (tertiary/aromatic N) is 1. The topological polar surface area (TPSA) is 82.7 Å². The minimum atomic E-state index is -0.925. The van der Waals surface area contributed by atoms with Gasteiger partial charge in [-0.25, -0.2) is 0 Å². The molecule has 0 unspecified atom stereocenters. The van der Waals surface area contributed by atoms with Crippen LogP contribution in [0.4, 0.5) is 0 Å². The Morgan fingerprint density at radius 1 is 1.23 bits per heavy atom. The molecule has 2 N–H and O–H groups in total. The summed E-state index contributed by atoms with van der Waals surface area (Å²) in [6.45, 7) is 0.140. The standard InChI is InChI=1S/C8H11NO4/c9-2-1-4-5(10)6(11)8-7(4)12-3-13-8/h4-8,10-11H,1,3H2/t4-,5+,6+,7-,8+/m1/s1. The van der Waals surface area contributed by atoms with Crippen molar-refractivity contribution in [2.24, 2.45) is 5.92 Å². The number of fused-ring (bicyclic) bond motifs is 1. The highest BCUT2D eigenvalue weighted by molar-refractivity contribution is 5.03. The number of aliphatic hydroxyl groups is 2. The summed E-state index contributed by atoms with van der Waals surface area (Å²) in [5.41, 5.74) is 0. The molecule has 72 valence electrons. The van der Waals surface area contributed by atoms with Gasteiger partial charge < -0.3 is 19.7 Å². The molecule has 0 spiro atoms. The average Bonchev–Trinajstić information content (AvgIpc) is 2.66. The Bertz CT molecular complexity index is 239. The van der Waals surface area contributed by atoms with Crippen LogP contribution in [0.2, 0.25) is 0 Å². The SMILES string of the molecule is N#CC[C@@H]1[C@H](O)[C@H](O)[C@@H]2OCO[C@H]12. The molecule has 5 heteroatoms. The number of ether oxygens (including phenoxy) is 2. The van der Waals surface area contributed by atoms with E-state index >= 15 is 0 Å². The van der Waals surface area contributed by atoms with Crippen molar-refractivity contribution in [3.8, 4) is 6.07 Å². The summed E-state index contributed by atoms with van der Waals surface area (Å²) in [6.07, 6.45) is -2.44. The zero-order valence-electron chi connectivity index (χ0n) is 6.96. The molecule has 2 fully saturated rings. The van der Waals surface area contributed by atoms with Crippen molar-refractivity contribution in [3.05, 3.63) is 0 Å². The number of hydrogen-bond donors (Lipinski definition) is 2. The molecule has 0 aromatic heterocycles. The van der Waals surface area contributed by atoms with E-state index in [1.807, 2.05) is 6.07 Å². The highest BCUT2D eigenvalue weighted by Gasteiger charge is 2.53. The summed E-state index contributed by atoms with van der Waals surface area (Å²) in [6, 6.07) is 1.97. The van der Waals surface area contributed by atoms with E-state index in [2.05, 4.69) is 0 Å². The zero-order chi connectivity index (χ0) is 9.42. The van der Waals surface area contributed by atoms with Crippen molar-refractivity contribution < 1.29 is 19.7 Å². The van der Waals surface area contributed by atoms with E-state index in [9.17, 15) is 10.2 Å². The van der Waals surface area contributed by atoms with Crippen LogP contribution in [0.3, 0.4) is 0 Å². The largest absolute Gasteiger partial charge is 0.390 e. The molecule has 1 saturated heterocycles. The molecule has 0 amide bonds. The molecular formula is C8H11NO4. The first-order valence-electron chi connectivity index (χ1n) is 4.22. The van der Waals surface area contributed by atoms with Crippen LogP contribution >= 0.6 is 0 Å². The lowest BCUT2D eigenvalue weighted by molar-refractivity contribution is -0.0692. The monoisotopic (exact) mass is 185 g/mol. The molecule has 0 bridgehead atoms. The summed E-state index contributed by atoms with van der Waals surface area (Å²) in [4.78, 5) is 0. The van der Waals surface area contributed by atoms with Crippen LogP contribution in [0.5, 0.6) is 0 Å². The van der Waals surface area contributed by atoms with Crippen LogP contribution in [-0.2, 0) is 9.47 Å². The van der Waals surface area contributed by atoms with Crippen LogP contribution in [-0.4, -0.2) is 41.4 Å². The van der Waals surface area contributed by atoms with Crippen molar-refractivity contribution in [3.63, 3.8) is 0 Å². The van der Waals surface area contributed by atoms with Gasteiger partial charge in [0.1, 0.15) is 19.0 Å². The number of hydrogen-bond acceptors (Lipinski definition) is 5. The van der Waals surface area contributed by atoms with E-state index in [0.717, 1.165) is 0 Å². The van der Waals surface area contributed by atoms with Gasteiger partial charge in [0.25, 0.3) is 0 Å². The van der Waals surface area contributed by atoms with E-state index in [1.165, 1.54) is 0 Å². The van der Waals surface area contributed by atoms with Crippen molar-refractivity contribution >= 4 is 0 Å². The molecule has 5 nitrogen and oxygen atoms in total. The summed E-state index contributed by atoms with van der Waals surface area (Å²) >= 11 is 0. The Labute approximate surface area is 75.5 Å². The minimum absolute atomic E-state index is 0.140. The second kappa shape index (κ2) is 3.24. The zero-order valence-corrected chi connectivity index (χ0v) is 6.96. The summed E-state index contributed by atoms with van der Waals surface area (Å²) in [5, 5.41) is 27.5. The lowest BCUT2D eigenvalue weighted by Crippen LogP contribution is -2.31. The minimum Gasteiger partial charge on any atom is -0.390 e. The van der Waals surface area contributed by atoms with E-state index in [1.54, 1.807) is 0 Å². The third-order valence-electron chi connectivity index (χ3n) is 2.72. The molecular weight excluding hydrogens is 174 g/mol. The maximum absolute atomic E-state index is 9.53. The summed E-state index contributed by atoms with van der Waals surface area (Å²) < 4.78 is 10.3. The van der Waals surface area contributed by atoms with Gasteiger partial charge in [-0.05, 0) is 0 Å². The molecule has 1 saturated carbocycles. The number of aliphatic hydroxyl groups excluding tert-OH is 2. The molecule has 2 rings (SSSR count). The fraction of sp³-hybridized carbons (Fsp3) is 0.875. The Morgan fingerprint density at radius 2 is 1.92 bits per heavy atom. The summed E-state index contributed by atoms with van der Waals surface area (Å²) in [7, 11) is 0. The normalized spacial score (nSPS) is 48.8. The molecule has 2 aliphatic rings. The Morgan fingerprint density at radius 3 is 2.62 bits per heavy atom. The van der Waals surface area contributed by atoms with Crippen molar-refractivity contribution in [2.75, 3.05) is 6.79 Å². The second-order valence-electron chi connectivity index (χ2n) is 3.39. The van der Waals surface area contributed by atoms with Gasteiger partial charge in [-0.1, -0.05) is 0 Å². The van der Waals surface area contributed by atoms with Crippen LogP contribution in [0.1, 0.15) is 6.42 Å². The second-order valence-corrected chi connectivity index (χ2v) is 3.39. The predicted molar refractivity (Wildman–Crippen MR) is 40.3 cm³/mol. The van der Waals surface area contributed by atoms with Crippen molar-refractivity contribution in [1.82, 2.24) is 0 Å². The van der Waals surface area contributed by atoms with Gasteiger partial charge in [0.05, 0.1) is 18.3 Å². The Kier molecular flexibility index (Phi) is 2.22. The van der Waals surface area contributed by atoms with E-state index in [-0.39, 0.29) is 25.2 Å². The first-order valence-corrected chi connectivity index (χ1v) is 4.22. The predicted octanol–water partition coefficient (Wildman–Crippen LogP) is -1.01. The molecule has 5 atom stereocenters. The fourth-order valence-corrected chi connectivity index (χ4v) is 2.03. The molecule has 1 aliphatic heterocycles. The number of rotatable bonds is 1. The van der Waals surface area contributed by atoms with E-state index < -0.39 is 18.3 Å². The van der Waals surface area contributed by atoms with Crippen molar-refractivity contribution in [1.29, 1.82) is 5.26 Å². The first kappa shape index (κ1) is 8.91. The Hall–Kier alpha value is -0.670. The smallest absolute Gasteiger partial charge is 0.147 e. The maximum atomic E-state index is 9.53. The highest BCUT2D eigenvalue weighted by atomic mass is 16.7. The fourth-order valence-electron chi connectivity index (χ4n) is 2.03.